The maximum absolute atomic E-state index is 2.36. The summed E-state index contributed by atoms with van der Waals surface area (Å²) in [5.41, 5.74) is 7.75. The van der Waals surface area contributed by atoms with Crippen LogP contribution in [-0.4, -0.2) is 28.2 Å². The molecule has 0 radical (unpaired) electrons. The van der Waals surface area contributed by atoms with E-state index < -0.39 is 0 Å². The molecule has 3 aromatic carbocycles. The lowest BCUT2D eigenvalue weighted by molar-refractivity contribution is 0.682. The predicted octanol–water partition coefficient (Wildman–Crippen LogP) is 4.86. The molecule has 0 aliphatic carbocycles. The van der Waals surface area contributed by atoms with Crippen LogP contribution in [0.5, 0.6) is 0 Å². The van der Waals surface area contributed by atoms with Gasteiger partial charge in [0, 0.05) is 28.2 Å². The Hall–Kier alpha value is -3.14. The van der Waals surface area contributed by atoms with Gasteiger partial charge in [-0.15, -0.1) is 0 Å². The number of benzene rings is 3. The molecule has 0 unspecified atom stereocenters. The molecule has 0 fully saturated rings. The van der Waals surface area contributed by atoms with Gasteiger partial charge in [-0.2, -0.15) is 0 Å². The van der Waals surface area contributed by atoms with Crippen molar-refractivity contribution in [2.45, 2.75) is 12.3 Å². The fourth-order valence-corrected chi connectivity index (χ4v) is 4.90. The van der Waals surface area contributed by atoms with Crippen LogP contribution in [0.4, 0.5) is 22.7 Å². The van der Waals surface area contributed by atoms with E-state index in [9.17, 15) is 0 Å². The van der Waals surface area contributed by atoms with Gasteiger partial charge in [0.1, 0.15) is 12.3 Å². The molecule has 0 amide bonds. The molecule has 2 aliphatic heterocycles. The number of hydrogen-bond donors (Lipinski definition) is 0. The highest BCUT2D eigenvalue weighted by atomic mass is 15.4. The van der Waals surface area contributed by atoms with E-state index in [0.29, 0.717) is 0 Å². The monoisotopic (exact) mass is 370 g/mol. The van der Waals surface area contributed by atoms with E-state index in [0.717, 1.165) is 0 Å². The Morgan fingerprint density at radius 1 is 0.429 bits per heavy atom. The van der Waals surface area contributed by atoms with Crippen molar-refractivity contribution in [1.82, 2.24) is 0 Å². The zero-order chi connectivity index (χ0) is 19.4. The molecule has 0 N–H and O–H groups in total. The van der Waals surface area contributed by atoms with E-state index in [1.807, 2.05) is 0 Å². The first-order valence-electron chi connectivity index (χ1n) is 9.77. The van der Waals surface area contributed by atoms with Crippen molar-refractivity contribution in [3.8, 4) is 0 Å². The van der Waals surface area contributed by atoms with Crippen LogP contribution < -0.4 is 19.6 Å². The van der Waals surface area contributed by atoms with Crippen LogP contribution in [0, 0.1) is 0 Å². The van der Waals surface area contributed by atoms with Gasteiger partial charge in [-0.1, -0.05) is 48.5 Å². The Balaban J connectivity index is 1.45. The number of para-hydroxylation sites is 4. The average molecular weight is 371 g/mol. The molecule has 0 saturated heterocycles. The van der Waals surface area contributed by atoms with Crippen LogP contribution in [0.1, 0.15) is 23.5 Å². The molecule has 5 rings (SSSR count). The van der Waals surface area contributed by atoms with E-state index >= 15 is 0 Å². The van der Waals surface area contributed by atoms with Crippen molar-refractivity contribution in [3.63, 3.8) is 0 Å². The first-order valence-corrected chi connectivity index (χ1v) is 9.77. The molecule has 0 aromatic heterocycles. The summed E-state index contributed by atoms with van der Waals surface area (Å²) in [5, 5.41) is 0. The summed E-state index contributed by atoms with van der Waals surface area (Å²) in [4.78, 5) is 9.42. The van der Waals surface area contributed by atoms with Crippen molar-refractivity contribution in [2.24, 2.45) is 0 Å². The topological polar surface area (TPSA) is 13.0 Å². The van der Waals surface area contributed by atoms with Crippen molar-refractivity contribution in [2.75, 3.05) is 47.8 Å². The highest BCUT2D eigenvalue weighted by molar-refractivity contribution is 5.78. The molecule has 3 aromatic rings. The van der Waals surface area contributed by atoms with Crippen LogP contribution in [0.25, 0.3) is 0 Å². The number of hydrogen-bond acceptors (Lipinski definition) is 4. The Morgan fingerprint density at radius 2 is 0.679 bits per heavy atom. The summed E-state index contributed by atoms with van der Waals surface area (Å²) in [6, 6.07) is 26.3. The summed E-state index contributed by atoms with van der Waals surface area (Å²) in [5.74, 6) is 0. The van der Waals surface area contributed by atoms with Crippen LogP contribution in [-0.2, 0) is 0 Å². The van der Waals surface area contributed by atoms with E-state index in [-0.39, 0.29) is 12.3 Å². The van der Waals surface area contributed by atoms with Crippen LogP contribution in [0.3, 0.4) is 0 Å². The second-order valence-corrected chi connectivity index (χ2v) is 7.84. The highest BCUT2D eigenvalue weighted by Gasteiger charge is 2.34. The molecule has 0 spiro atoms. The Morgan fingerprint density at radius 3 is 0.929 bits per heavy atom. The minimum atomic E-state index is 0.225. The molecule has 0 saturated carbocycles. The lowest BCUT2D eigenvalue weighted by atomic mass is 10.1. The third-order valence-electron chi connectivity index (χ3n) is 6.28. The molecule has 142 valence electrons. The number of fused-ring (bicyclic) bond motifs is 2. The van der Waals surface area contributed by atoms with E-state index in [1.165, 1.54) is 33.9 Å². The second kappa shape index (κ2) is 6.20. The summed E-state index contributed by atoms with van der Waals surface area (Å²) in [6.45, 7) is 0. The van der Waals surface area contributed by atoms with Gasteiger partial charge >= 0.3 is 0 Å². The Kier molecular flexibility index (Phi) is 3.76. The fourth-order valence-electron chi connectivity index (χ4n) is 4.90. The molecular formula is C24H26N4. The minimum Gasteiger partial charge on any atom is -0.349 e. The van der Waals surface area contributed by atoms with Crippen molar-refractivity contribution < 1.29 is 0 Å². The van der Waals surface area contributed by atoms with Crippen LogP contribution in [0.15, 0.2) is 72.8 Å². The van der Waals surface area contributed by atoms with Gasteiger partial charge in [-0.25, -0.2) is 0 Å². The minimum absolute atomic E-state index is 0.225. The van der Waals surface area contributed by atoms with Crippen molar-refractivity contribution >= 4 is 22.7 Å². The molecule has 4 heteroatoms. The van der Waals surface area contributed by atoms with Gasteiger partial charge in [-0.3, -0.25) is 0 Å². The summed E-state index contributed by atoms with van der Waals surface area (Å²) in [6.07, 6.45) is 0.449. The summed E-state index contributed by atoms with van der Waals surface area (Å²) >= 11 is 0. The van der Waals surface area contributed by atoms with Gasteiger partial charge in [-0.05, 0) is 35.4 Å². The SMILES string of the molecule is CN1c2ccccc2N(C)C1c1ccc(C2N(C)c3ccccc3N2C)cc1. The number of rotatable bonds is 2. The molecule has 0 bridgehead atoms. The average Bonchev–Trinajstić information content (AvgIpc) is 3.14. The number of nitrogens with zero attached hydrogens (tertiary/aromatic N) is 4. The molecule has 2 heterocycles. The quantitative estimate of drug-likeness (QED) is 0.639. The van der Waals surface area contributed by atoms with Gasteiger partial charge in [0.15, 0.2) is 0 Å². The molecule has 4 nitrogen and oxygen atoms in total. The van der Waals surface area contributed by atoms with Crippen LogP contribution in [0.2, 0.25) is 0 Å². The zero-order valence-electron chi connectivity index (χ0n) is 16.9. The third kappa shape index (κ3) is 2.30. The van der Waals surface area contributed by atoms with E-state index in [1.54, 1.807) is 0 Å². The third-order valence-corrected chi connectivity index (χ3v) is 6.28. The molecule has 0 atom stereocenters. The molecular weight excluding hydrogens is 344 g/mol. The lowest BCUT2D eigenvalue weighted by Gasteiger charge is -2.30. The van der Waals surface area contributed by atoms with Crippen molar-refractivity contribution in [3.05, 3.63) is 83.9 Å². The lowest BCUT2D eigenvalue weighted by Crippen LogP contribution is -2.31. The summed E-state index contributed by atoms with van der Waals surface area (Å²) < 4.78 is 0. The summed E-state index contributed by atoms with van der Waals surface area (Å²) in [7, 11) is 8.71. The Labute approximate surface area is 167 Å². The molecule has 28 heavy (non-hydrogen) atoms. The van der Waals surface area contributed by atoms with Gasteiger partial charge < -0.3 is 19.6 Å². The first-order chi connectivity index (χ1) is 13.6. The van der Waals surface area contributed by atoms with Gasteiger partial charge in [0.25, 0.3) is 0 Å². The van der Waals surface area contributed by atoms with Gasteiger partial charge in [0.05, 0.1) is 22.7 Å². The van der Waals surface area contributed by atoms with Crippen LogP contribution >= 0.6 is 0 Å². The standard InChI is InChI=1S/C24H26N4/c1-25-19-9-5-6-10-20(19)26(2)23(25)17-13-15-18(16-14-17)24-27(3)21-11-7-8-12-22(21)28(24)4/h5-16,23-24H,1-4H3. The first kappa shape index (κ1) is 17.0. The largest absolute Gasteiger partial charge is 0.349 e. The van der Waals surface area contributed by atoms with E-state index in [4.69, 9.17) is 0 Å². The fraction of sp³-hybridized carbons (Fsp3) is 0.250. The van der Waals surface area contributed by atoms with E-state index in [2.05, 4.69) is 121 Å². The van der Waals surface area contributed by atoms with Gasteiger partial charge in [0.2, 0.25) is 0 Å². The normalized spacial score (nSPS) is 16.7. The zero-order valence-corrected chi connectivity index (χ0v) is 16.9. The Bertz CT molecular complexity index is 873. The predicted molar refractivity (Wildman–Crippen MR) is 118 cm³/mol. The maximum atomic E-state index is 2.36. The van der Waals surface area contributed by atoms with Crippen molar-refractivity contribution in [1.29, 1.82) is 0 Å². The maximum Gasteiger partial charge on any atom is 0.128 e. The number of anilines is 4. The highest BCUT2D eigenvalue weighted by Crippen LogP contribution is 2.46. The molecule has 2 aliphatic rings. The second-order valence-electron chi connectivity index (χ2n) is 7.84. The smallest absolute Gasteiger partial charge is 0.128 e.